The topological polar surface area (TPSA) is 73.6 Å². The number of benzene rings is 1. The highest BCUT2D eigenvalue weighted by atomic mass is 16.5. The molecule has 3 N–H and O–H groups in total. The van der Waals surface area contributed by atoms with Crippen molar-refractivity contribution in [2.45, 2.75) is 25.4 Å². The van der Waals surface area contributed by atoms with Gasteiger partial charge in [-0.1, -0.05) is 0 Å². The minimum absolute atomic E-state index is 0.165. The van der Waals surface area contributed by atoms with Crippen molar-refractivity contribution in [2.24, 2.45) is 0 Å². The van der Waals surface area contributed by atoms with Crippen molar-refractivity contribution in [1.82, 2.24) is 5.32 Å². The van der Waals surface area contributed by atoms with Gasteiger partial charge in [0.2, 0.25) is 0 Å². The van der Waals surface area contributed by atoms with E-state index in [1.807, 2.05) is 0 Å². The number of nitrogens with one attached hydrogen (secondary N) is 1. The first-order chi connectivity index (χ1) is 9.20. The Morgan fingerprint density at radius 1 is 1.58 bits per heavy atom. The van der Waals surface area contributed by atoms with Crippen molar-refractivity contribution in [2.75, 3.05) is 26.0 Å². The number of carbonyl (C=O) groups excluding carboxylic acids is 1. The summed E-state index contributed by atoms with van der Waals surface area (Å²) in [7, 11) is 1.54. The highest BCUT2D eigenvalue weighted by Gasteiger charge is 2.16. The Kier molecular flexibility index (Phi) is 4.63. The molecule has 1 fully saturated rings. The Balaban J connectivity index is 1.89. The summed E-state index contributed by atoms with van der Waals surface area (Å²) in [5.74, 6) is 0.367. The largest absolute Gasteiger partial charge is 0.496 e. The molecule has 0 aromatic heterocycles. The van der Waals surface area contributed by atoms with Gasteiger partial charge in [-0.25, -0.2) is 0 Å². The van der Waals surface area contributed by atoms with Crippen LogP contribution in [-0.4, -0.2) is 32.3 Å². The van der Waals surface area contributed by atoms with Gasteiger partial charge in [-0.15, -0.1) is 0 Å². The summed E-state index contributed by atoms with van der Waals surface area (Å²) < 4.78 is 10.7. The van der Waals surface area contributed by atoms with Crippen LogP contribution >= 0.6 is 0 Å². The van der Waals surface area contributed by atoms with E-state index >= 15 is 0 Å². The fourth-order valence-corrected chi connectivity index (χ4v) is 2.22. The Hall–Kier alpha value is -1.75. The number of carbonyl (C=O) groups is 1. The number of ether oxygens (including phenoxy) is 2. The second-order valence-corrected chi connectivity index (χ2v) is 4.64. The predicted molar refractivity (Wildman–Crippen MR) is 73.3 cm³/mol. The van der Waals surface area contributed by atoms with E-state index in [0.717, 1.165) is 25.9 Å². The van der Waals surface area contributed by atoms with Crippen LogP contribution in [0.4, 0.5) is 5.69 Å². The van der Waals surface area contributed by atoms with Crippen LogP contribution in [0.2, 0.25) is 0 Å². The second-order valence-electron chi connectivity index (χ2n) is 4.64. The number of nitrogen functional groups attached to an aromatic ring is 1. The van der Waals surface area contributed by atoms with Crippen LogP contribution < -0.4 is 15.8 Å². The maximum atomic E-state index is 12.1. The van der Waals surface area contributed by atoms with Crippen molar-refractivity contribution in [3.05, 3.63) is 23.8 Å². The molecule has 1 unspecified atom stereocenters. The van der Waals surface area contributed by atoms with Crippen molar-refractivity contribution in [1.29, 1.82) is 0 Å². The van der Waals surface area contributed by atoms with Gasteiger partial charge in [0.05, 0.1) is 18.8 Å². The standard InChI is InChI=1S/C14H20N2O3/c1-18-13-5-4-10(15)9-12(13)14(17)16-7-6-11-3-2-8-19-11/h4-5,9,11H,2-3,6-8,15H2,1H3,(H,16,17). The zero-order valence-corrected chi connectivity index (χ0v) is 11.1. The van der Waals surface area contributed by atoms with E-state index in [2.05, 4.69) is 5.32 Å². The molecule has 1 aromatic rings. The molecule has 1 aromatic carbocycles. The molecular formula is C14H20N2O3. The number of hydrogen-bond donors (Lipinski definition) is 2. The molecule has 19 heavy (non-hydrogen) atoms. The third kappa shape index (κ3) is 3.61. The zero-order chi connectivity index (χ0) is 13.7. The summed E-state index contributed by atoms with van der Waals surface area (Å²) in [6.07, 6.45) is 3.32. The molecular weight excluding hydrogens is 244 g/mol. The normalized spacial score (nSPS) is 18.3. The lowest BCUT2D eigenvalue weighted by Gasteiger charge is -2.12. The van der Waals surface area contributed by atoms with Crippen LogP contribution in [0.25, 0.3) is 0 Å². The third-order valence-electron chi connectivity index (χ3n) is 3.24. The lowest BCUT2D eigenvalue weighted by molar-refractivity contribution is 0.0905. The van der Waals surface area contributed by atoms with E-state index in [0.29, 0.717) is 23.5 Å². The van der Waals surface area contributed by atoms with Crippen LogP contribution in [0.15, 0.2) is 18.2 Å². The first-order valence-corrected chi connectivity index (χ1v) is 6.54. The fraction of sp³-hybridized carbons (Fsp3) is 0.500. The summed E-state index contributed by atoms with van der Waals surface area (Å²) in [5, 5.41) is 2.87. The number of methoxy groups -OCH3 is 1. The van der Waals surface area contributed by atoms with Crippen LogP contribution in [-0.2, 0) is 4.74 Å². The number of anilines is 1. The predicted octanol–water partition coefficient (Wildman–Crippen LogP) is 1.58. The third-order valence-corrected chi connectivity index (χ3v) is 3.24. The Labute approximate surface area is 113 Å². The molecule has 0 aliphatic carbocycles. The molecule has 2 rings (SSSR count). The van der Waals surface area contributed by atoms with Crippen molar-refractivity contribution in [3.8, 4) is 5.75 Å². The maximum absolute atomic E-state index is 12.1. The molecule has 1 saturated heterocycles. The number of nitrogens with two attached hydrogens (primary N) is 1. The smallest absolute Gasteiger partial charge is 0.255 e. The van der Waals surface area contributed by atoms with Gasteiger partial charge in [0.1, 0.15) is 5.75 Å². The molecule has 1 heterocycles. The van der Waals surface area contributed by atoms with Gasteiger partial charge in [-0.2, -0.15) is 0 Å². The van der Waals surface area contributed by atoms with E-state index in [1.54, 1.807) is 18.2 Å². The van der Waals surface area contributed by atoms with Gasteiger partial charge < -0.3 is 20.5 Å². The van der Waals surface area contributed by atoms with Crippen molar-refractivity contribution in [3.63, 3.8) is 0 Å². The van der Waals surface area contributed by atoms with Gasteiger partial charge in [-0.05, 0) is 37.5 Å². The van der Waals surface area contributed by atoms with Gasteiger partial charge in [-0.3, -0.25) is 4.79 Å². The SMILES string of the molecule is COc1ccc(N)cc1C(=O)NCCC1CCCO1. The van der Waals surface area contributed by atoms with Crippen molar-refractivity contribution >= 4 is 11.6 Å². The lowest BCUT2D eigenvalue weighted by Crippen LogP contribution is -2.27. The molecule has 1 amide bonds. The molecule has 104 valence electrons. The number of amides is 1. The molecule has 0 bridgehead atoms. The monoisotopic (exact) mass is 264 g/mol. The second kappa shape index (κ2) is 6.43. The van der Waals surface area contributed by atoms with Crippen molar-refractivity contribution < 1.29 is 14.3 Å². The molecule has 1 aliphatic rings. The Morgan fingerprint density at radius 2 is 2.42 bits per heavy atom. The molecule has 0 saturated carbocycles. The average molecular weight is 264 g/mol. The Morgan fingerprint density at radius 3 is 3.11 bits per heavy atom. The molecule has 1 aliphatic heterocycles. The minimum Gasteiger partial charge on any atom is -0.496 e. The summed E-state index contributed by atoms with van der Waals surface area (Å²) in [4.78, 5) is 12.1. The number of hydrogen-bond acceptors (Lipinski definition) is 4. The fourth-order valence-electron chi connectivity index (χ4n) is 2.22. The molecule has 0 spiro atoms. The van der Waals surface area contributed by atoms with Crippen LogP contribution in [0.3, 0.4) is 0 Å². The van der Waals surface area contributed by atoms with Crippen LogP contribution in [0.5, 0.6) is 5.75 Å². The van der Waals surface area contributed by atoms with E-state index < -0.39 is 0 Å². The van der Waals surface area contributed by atoms with Gasteiger partial charge in [0, 0.05) is 18.8 Å². The molecule has 5 heteroatoms. The average Bonchev–Trinajstić information content (AvgIpc) is 2.91. The summed E-state index contributed by atoms with van der Waals surface area (Å²) in [6.45, 7) is 1.43. The summed E-state index contributed by atoms with van der Waals surface area (Å²) in [6, 6.07) is 5.03. The summed E-state index contributed by atoms with van der Waals surface area (Å²) >= 11 is 0. The van der Waals surface area contributed by atoms with Gasteiger partial charge in [0.25, 0.3) is 5.91 Å². The first-order valence-electron chi connectivity index (χ1n) is 6.54. The molecule has 5 nitrogen and oxygen atoms in total. The van der Waals surface area contributed by atoms with E-state index in [1.165, 1.54) is 7.11 Å². The number of rotatable bonds is 5. The van der Waals surface area contributed by atoms with Gasteiger partial charge >= 0.3 is 0 Å². The van der Waals surface area contributed by atoms with Gasteiger partial charge in [0.15, 0.2) is 0 Å². The summed E-state index contributed by atoms with van der Waals surface area (Å²) in [5.41, 5.74) is 6.71. The van der Waals surface area contributed by atoms with Crippen LogP contribution in [0.1, 0.15) is 29.6 Å². The highest BCUT2D eigenvalue weighted by molar-refractivity contribution is 5.97. The maximum Gasteiger partial charge on any atom is 0.255 e. The Bertz CT molecular complexity index is 442. The highest BCUT2D eigenvalue weighted by Crippen LogP contribution is 2.21. The first kappa shape index (κ1) is 13.7. The van der Waals surface area contributed by atoms with E-state index in [-0.39, 0.29) is 12.0 Å². The van der Waals surface area contributed by atoms with Crippen LogP contribution in [0, 0.1) is 0 Å². The zero-order valence-electron chi connectivity index (χ0n) is 11.1. The minimum atomic E-state index is -0.165. The van der Waals surface area contributed by atoms with E-state index in [9.17, 15) is 4.79 Å². The lowest BCUT2D eigenvalue weighted by atomic mass is 10.1. The molecule has 0 radical (unpaired) electrons. The quantitative estimate of drug-likeness (QED) is 0.792. The molecule has 1 atom stereocenters. The van der Waals surface area contributed by atoms with E-state index in [4.69, 9.17) is 15.2 Å².